The smallest absolute Gasteiger partial charge is 0.138 e. The Morgan fingerprint density at radius 3 is 1.26 bits per heavy atom. The molecule has 6 rings (SSSR count). The fraction of sp³-hybridized carbons (Fsp3) is 0.235. The van der Waals surface area contributed by atoms with Gasteiger partial charge in [0.05, 0.1) is 35.3 Å². The first kappa shape index (κ1) is 27.2. The molecule has 0 radical (unpaired) electrons. The molecule has 4 aromatic carbocycles. The fourth-order valence-corrected chi connectivity index (χ4v) is 4.60. The van der Waals surface area contributed by atoms with Crippen LogP contribution in [-0.4, -0.2) is 46.4 Å². The van der Waals surface area contributed by atoms with E-state index in [-0.39, 0.29) is 0 Å². The van der Waals surface area contributed by atoms with Gasteiger partial charge in [0.25, 0.3) is 0 Å². The van der Waals surface area contributed by atoms with Crippen LogP contribution in [0.3, 0.4) is 0 Å². The maximum atomic E-state index is 5.89. The average Bonchev–Trinajstić information content (AvgIpc) is 3.65. The van der Waals surface area contributed by atoms with Gasteiger partial charge in [-0.15, -0.1) is 0 Å². The van der Waals surface area contributed by atoms with E-state index in [4.69, 9.17) is 28.9 Å². The lowest BCUT2D eigenvalue weighted by Crippen LogP contribution is -2.08. The zero-order valence-corrected chi connectivity index (χ0v) is 23.9. The van der Waals surface area contributed by atoms with Crippen molar-refractivity contribution in [2.75, 3.05) is 26.4 Å². The molecule has 2 aromatic heterocycles. The highest BCUT2D eigenvalue weighted by Crippen LogP contribution is 2.27. The number of hydrogen-bond acceptors (Lipinski definition) is 6. The zero-order valence-electron chi connectivity index (χ0n) is 23.9. The van der Waals surface area contributed by atoms with Crippen molar-refractivity contribution in [1.29, 1.82) is 0 Å². The SMILES string of the molecule is CCCOc1ccc2[nH]c(-c3ccc(OCCOc4ccc(-c5nc6cc(OCCC)ccc6[nH]5)cc4)cc3)nc2c1. The normalized spacial score (nSPS) is 11.2. The molecule has 0 fully saturated rings. The van der Waals surface area contributed by atoms with Gasteiger partial charge < -0.3 is 28.9 Å². The molecule has 0 aliphatic heterocycles. The quantitative estimate of drug-likeness (QED) is 0.139. The first-order valence-corrected chi connectivity index (χ1v) is 14.4. The Balaban J connectivity index is 0.998. The number of H-pyrrole nitrogens is 2. The summed E-state index contributed by atoms with van der Waals surface area (Å²) in [5, 5.41) is 0. The Hall–Kier alpha value is -4.98. The van der Waals surface area contributed by atoms with Crippen molar-refractivity contribution in [2.24, 2.45) is 0 Å². The lowest BCUT2D eigenvalue weighted by Gasteiger charge is -2.09. The van der Waals surface area contributed by atoms with Gasteiger partial charge in [0.15, 0.2) is 0 Å². The van der Waals surface area contributed by atoms with Crippen LogP contribution in [0, 0.1) is 0 Å². The Bertz CT molecular complexity index is 1630. The van der Waals surface area contributed by atoms with Crippen LogP contribution in [0.5, 0.6) is 23.0 Å². The van der Waals surface area contributed by atoms with Crippen LogP contribution in [0.1, 0.15) is 26.7 Å². The summed E-state index contributed by atoms with van der Waals surface area (Å²) in [6.45, 7) is 6.43. The summed E-state index contributed by atoms with van der Waals surface area (Å²) >= 11 is 0. The van der Waals surface area contributed by atoms with E-state index >= 15 is 0 Å². The molecule has 0 amide bonds. The highest BCUT2D eigenvalue weighted by atomic mass is 16.5. The minimum absolute atomic E-state index is 0.429. The van der Waals surface area contributed by atoms with Crippen molar-refractivity contribution in [2.45, 2.75) is 26.7 Å². The lowest BCUT2D eigenvalue weighted by molar-refractivity contribution is 0.217. The van der Waals surface area contributed by atoms with Crippen LogP contribution in [0.4, 0.5) is 0 Å². The molecule has 0 unspecified atom stereocenters. The largest absolute Gasteiger partial charge is 0.494 e. The maximum absolute atomic E-state index is 5.89. The average molecular weight is 563 g/mol. The van der Waals surface area contributed by atoms with Crippen molar-refractivity contribution < 1.29 is 18.9 Å². The van der Waals surface area contributed by atoms with Crippen LogP contribution in [0.15, 0.2) is 84.9 Å². The van der Waals surface area contributed by atoms with Gasteiger partial charge in [-0.3, -0.25) is 0 Å². The number of aromatic nitrogens is 4. The number of benzene rings is 4. The Labute approximate surface area is 244 Å². The molecule has 0 bridgehead atoms. The van der Waals surface area contributed by atoms with E-state index < -0.39 is 0 Å². The third-order valence-corrected chi connectivity index (χ3v) is 6.73. The second-order valence-corrected chi connectivity index (χ2v) is 9.97. The third kappa shape index (κ3) is 6.33. The summed E-state index contributed by atoms with van der Waals surface area (Å²) in [7, 11) is 0. The summed E-state index contributed by atoms with van der Waals surface area (Å²) < 4.78 is 23.2. The number of fused-ring (bicyclic) bond motifs is 2. The van der Waals surface area contributed by atoms with Crippen LogP contribution in [0.2, 0.25) is 0 Å². The Kier molecular flexibility index (Phi) is 8.21. The molecule has 2 N–H and O–H groups in total. The van der Waals surface area contributed by atoms with E-state index in [2.05, 4.69) is 23.8 Å². The van der Waals surface area contributed by atoms with Crippen LogP contribution in [0.25, 0.3) is 44.8 Å². The van der Waals surface area contributed by atoms with Crippen molar-refractivity contribution in [3.05, 3.63) is 84.9 Å². The summed E-state index contributed by atoms with van der Waals surface area (Å²) in [6.07, 6.45) is 1.94. The summed E-state index contributed by atoms with van der Waals surface area (Å²) in [6, 6.07) is 27.6. The van der Waals surface area contributed by atoms with E-state index in [0.29, 0.717) is 26.4 Å². The monoisotopic (exact) mass is 562 g/mol. The molecular formula is C34H34N4O4. The molecule has 214 valence electrons. The first-order chi connectivity index (χ1) is 20.7. The summed E-state index contributed by atoms with van der Waals surface area (Å²) in [4.78, 5) is 16.2. The molecule has 8 nitrogen and oxygen atoms in total. The van der Waals surface area contributed by atoms with Gasteiger partial charge in [-0.25, -0.2) is 9.97 Å². The Morgan fingerprint density at radius 2 is 0.857 bits per heavy atom. The molecule has 0 spiro atoms. The first-order valence-electron chi connectivity index (χ1n) is 14.4. The summed E-state index contributed by atoms with van der Waals surface area (Å²) in [5.74, 6) is 4.84. The van der Waals surface area contributed by atoms with Gasteiger partial charge >= 0.3 is 0 Å². The number of ether oxygens (including phenoxy) is 4. The number of aromatic amines is 2. The molecule has 0 saturated heterocycles. The van der Waals surface area contributed by atoms with Crippen molar-refractivity contribution in [3.63, 3.8) is 0 Å². The highest BCUT2D eigenvalue weighted by molar-refractivity contribution is 5.81. The number of nitrogens with zero attached hydrogens (tertiary/aromatic N) is 2. The van der Waals surface area contributed by atoms with E-state index in [0.717, 1.165) is 80.7 Å². The summed E-state index contributed by atoms with van der Waals surface area (Å²) in [5.41, 5.74) is 5.69. The molecule has 0 saturated carbocycles. The number of nitrogens with one attached hydrogen (secondary N) is 2. The van der Waals surface area contributed by atoms with Gasteiger partial charge in [-0.05, 0) is 85.6 Å². The van der Waals surface area contributed by atoms with E-state index in [1.165, 1.54) is 0 Å². The van der Waals surface area contributed by atoms with E-state index in [9.17, 15) is 0 Å². The minimum Gasteiger partial charge on any atom is -0.494 e. The maximum Gasteiger partial charge on any atom is 0.138 e. The van der Waals surface area contributed by atoms with E-state index in [1.54, 1.807) is 0 Å². The second kappa shape index (κ2) is 12.7. The van der Waals surface area contributed by atoms with Gasteiger partial charge in [0.1, 0.15) is 47.9 Å². The second-order valence-electron chi connectivity index (χ2n) is 9.97. The van der Waals surface area contributed by atoms with Crippen LogP contribution < -0.4 is 18.9 Å². The molecule has 0 aliphatic rings. The van der Waals surface area contributed by atoms with Gasteiger partial charge in [0.2, 0.25) is 0 Å². The number of imidazole rings is 2. The molecule has 6 aromatic rings. The number of rotatable bonds is 13. The van der Waals surface area contributed by atoms with Gasteiger partial charge in [-0.2, -0.15) is 0 Å². The molecule has 0 aliphatic carbocycles. The lowest BCUT2D eigenvalue weighted by atomic mass is 10.2. The van der Waals surface area contributed by atoms with Crippen molar-refractivity contribution in [1.82, 2.24) is 19.9 Å². The predicted molar refractivity (Wildman–Crippen MR) is 166 cm³/mol. The minimum atomic E-state index is 0.429. The van der Waals surface area contributed by atoms with Gasteiger partial charge in [0, 0.05) is 23.3 Å². The molecule has 2 heterocycles. The van der Waals surface area contributed by atoms with E-state index in [1.807, 2.05) is 84.9 Å². The molecule has 8 heteroatoms. The van der Waals surface area contributed by atoms with Crippen LogP contribution in [-0.2, 0) is 0 Å². The highest BCUT2D eigenvalue weighted by Gasteiger charge is 2.09. The molecule has 42 heavy (non-hydrogen) atoms. The van der Waals surface area contributed by atoms with Crippen molar-refractivity contribution in [3.8, 4) is 45.8 Å². The topological polar surface area (TPSA) is 94.3 Å². The Morgan fingerprint density at radius 1 is 0.476 bits per heavy atom. The predicted octanol–water partition coefficient (Wildman–Crippen LogP) is 7.81. The molecular weight excluding hydrogens is 528 g/mol. The third-order valence-electron chi connectivity index (χ3n) is 6.73. The number of hydrogen-bond donors (Lipinski definition) is 2. The van der Waals surface area contributed by atoms with Crippen LogP contribution >= 0.6 is 0 Å². The standard InChI is InChI=1S/C34H34N4O4/c1-3-17-39-27-13-15-29-31(21-27)37-33(35-29)23-5-9-25(10-6-23)41-19-20-42-26-11-7-24(8-12-26)34-36-30-16-14-28(40-18-4-2)22-32(30)38-34/h5-16,21-22H,3-4,17-20H2,1-2H3,(H,35,37)(H,36,38). The fourth-order valence-electron chi connectivity index (χ4n) is 4.60. The van der Waals surface area contributed by atoms with Crippen molar-refractivity contribution >= 4 is 22.1 Å². The molecule has 0 atom stereocenters. The zero-order chi connectivity index (χ0) is 28.7. The van der Waals surface area contributed by atoms with Gasteiger partial charge in [-0.1, -0.05) is 13.8 Å².